The maximum absolute atomic E-state index is 12.4. The van der Waals surface area contributed by atoms with Gasteiger partial charge >= 0.3 is 0 Å². The Morgan fingerprint density at radius 2 is 1.77 bits per heavy atom. The number of carbonyl (C=O) groups excluding carboxylic acids is 2. The van der Waals surface area contributed by atoms with Crippen molar-refractivity contribution in [1.29, 1.82) is 0 Å². The predicted molar refractivity (Wildman–Crippen MR) is 121 cm³/mol. The average molecular weight is 430 g/mol. The molecule has 3 N–H and O–H groups in total. The van der Waals surface area contributed by atoms with E-state index in [0.717, 1.165) is 51.4 Å². The quantitative estimate of drug-likeness (QED) is 0.391. The van der Waals surface area contributed by atoms with E-state index in [4.69, 9.17) is 0 Å². The number of unbranched alkanes of at least 4 members (excludes halogenated alkanes) is 3. The van der Waals surface area contributed by atoms with Gasteiger partial charge < -0.3 is 15.5 Å². The van der Waals surface area contributed by atoms with Crippen molar-refractivity contribution >= 4 is 11.7 Å². The maximum Gasteiger partial charge on any atom is 0.220 e. The number of carbonyl (C=O) groups is 2. The molecule has 172 valence electrons. The largest absolute Gasteiger partial charge is 0.393 e. The first-order chi connectivity index (χ1) is 15.0. The molecule has 4 atom stereocenters. The number of nitrogens with one attached hydrogen (secondary N) is 1. The summed E-state index contributed by atoms with van der Waals surface area (Å²) in [4.78, 5) is 24.1. The van der Waals surface area contributed by atoms with Crippen LogP contribution >= 0.6 is 0 Å². The zero-order valence-electron chi connectivity index (χ0n) is 18.7. The molecule has 0 radical (unpaired) electrons. The Morgan fingerprint density at radius 1 is 1.03 bits per heavy atom. The van der Waals surface area contributed by atoms with Gasteiger partial charge in [-0.3, -0.25) is 9.59 Å². The standard InChI is InChI=1S/C26H39NO4/c28-21(15-12-19-8-4-3-5-9-19)16-17-23-22(24(29)18-25(23)30)10-6-1-2-7-11-26(31)27-20-13-14-20/h3-5,8-9,20-24,28-29H,1-2,6-7,10-18H2,(H,27,31)/t21-,22?,23+,24-/m0/s1. The minimum absolute atomic E-state index is 0.0204. The van der Waals surface area contributed by atoms with E-state index in [1.54, 1.807) is 0 Å². The molecule has 2 fully saturated rings. The lowest BCUT2D eigenvalue weighted by atomic mass is 9.85. The van der Waals surface area contributed by atoms with Crippen LogP contribution in [0.15, 0.2) is 30.3 Å². The molecule has 0 bridgehead atoms. The molecule has 0 heterocycles. The molecule has 2 aliphatic rings. The average Bonchev–Trinajstić information content (AvgIpc) is 3.52. The van der Waals surface area contributed by atoms with Crippen LogP contribution in [0.2, 0.25) is 0 Å². The minimum atomic E-state index is -0.539. The molecule has 2 saturated carbocycles. The molecule has 1 aromatic carbocycles. The number of hydrogen-bond donors (Lipinski definition) is 3. The lowest BCUT2D eigenvalue weighted by Crippen LogP contribution is -2.24. The summed E-state index contributed by atoms with van der Waals surface area (Å²) in [5.41, 5.74) is 1.22. The highest BCUT2D eigenvalue weighted by atomic mass is 16.3. The number of rotatable bonds is 14. The number of hydrogen-bond acceptors (Lipinski definition) is 4. The molecule has 1 unspecified atom stereocenters. The Labute approximate surface area is 186 Å². The van der Waals surface area contributed by atoms with E-state index in [1.807, 2.05) is 18.2 Å². The van der Waals surface area contributed by atoms with Gasteiger partial charge in [-0.1, -0.05) is 49.6 Å². The van der Waals surface area contributed by atoms with Crippen LogP contribution in [0.5, 0.6) is 0 Å². The van der Waals surface area contributed by atoms with Crippen molar-refractivity contribution in [1.82, 2.24) is 5.32 Å². The highest BCUT2D eigenvalue weighted by Crippen LogP contribution is 2.36. The van der Waals surface area contributed by atoms with Gasteiger partial charge in [0.1, 0.15) is 5.78 Å². The molecule has 0 spiro atoms. The monoisotopic (exact) mass is 429 g/mol. The van der Waals surface area contributed by atoms with E-state index >= 15 is 0 Å². The third-order valence-electron chi connectivity index (χ3n) is 6.89. The van der Waals surface area contributed by atoms with Crippen molar-refractivity contribution in [2.75, 3.05) is 0 Å². The second-order valence-electron chi connectivity index (χ2n) is 9.56. The third-order valence-corrected chi connectivity index (χ3v) is 6.89. The summed E-state index contributed by atoms with van der Waals surface area (Å²) in [6.45, 7) is 0. The fourth-order valence-corrected chi connectivity index (χ4v) is 4.83. The van der Waals surface area contributed by atoms with Crippen LogP contribution in [0.25, 0.3) is 0 Å². The smallest absolute Gasteiger partial charge is 0.220 e. The molecule has 0 aliphatic heterocycles. The maximum atomic E-state index is 12.4. The Bertz CT molecular complexity index is 688. The summed E-state index contributed by atoms with van der Waals surface area (Å²) in [7, 11) is 0. The first-order valence-electron chi connectivity index (χ1n) is 12.2. The van der Waals surface area contributed by atoms with Crippen LogP contribution < -0.4 is 5.32 Å². The van der Waals surface area contributed by atoms with Crippen LogP contribution in [-0.2, 0) is 16.0 Å². The lowest BCUT2D eigenvalue weighted by molar-refractivity contribution is -0.122. The normalized spacial score (nSPS) is 24.3. The summed E-state index contributed by atoms with van der Waals surface area (Å²) in [6.07, 6.45) is 9.76. The van der Waals surface area contributed by atoms with E-state index in [1.165, 1.54) is 5.56 Å². The zero-order valence-corrected chi connectivity index (χ0v) is 18.7. The first-order valence-corrected chi connectivity index (χ1v) is 12.2. The van der Waals surface area contributed by atoms with Crippen LogP contribution in [0.1, 0.15) is 82.6 Å². The lowest BCUT2D eigenvalue weighted by Gasteiger charge is -2.22. The second-order valence-corrected chi connectivity index (χ2v) is 9.56. The van der Waals surface area contributed by atoms with Crippen molar-refractivity contribution in [2.45, 2.75) is 102 Å². The SMILES string of the molecule is O=C(CCCCCCC1[C@@H](O)CC(=O)[C@@H]1CC[C@@H](O)CCc1ccccc1)NC1CC1. The van der Waals surface area contributed by atoms with E-state index in [2.05, 4.69) is 17.4 Å². The highest BCUT2D eigenvalue weighted by molar-refractivity contribution is 5.84. The van der Waals surface area contributed by atoms with E-state index in [-0.39, 0.29) is 29.9 Å². The molecule has 5 nitrogen and oxygen atoms in total. The molecule has 0 aromatic heterocycles. The number of amides is 1. The number of benzene rings is 1. The molecule has 2 aliphatic carbocycles. The van der Waals surface area contributed by atoms with Gasteiger partial charge in [0, 0.05) is 24.8 Å². The molecular weight excluding hydrogens is 390 g/mol. The van der Waals surface area contributed by atoms with Gasteiger partial charge in [0.05, 0.1) is 12.2 Å². The first kappa shape index (κ1) is 23.9. The summed E-state index contributed by atoms with van der Waals surface area (Å²) in [5.74, 6) is 0.229. The number of Topliss-reactive ketones (excluding diaryl/α,β-unsaturated/α-hetero) is 1. The zero-order chi connectivity index (χ0) is 22.1. The number of aliphatic hydroxyl groups excluding tert-OH is 2. The van der Waals surface area contributed by atoms with Gasteiger partial charge in [-0.2, -0.15) is 0 Å². The number of ketones is 1. The number of aryl methyl sites for hydroxylation is 1. The van der Waals surface area contributed by atoms with E-state index in [9.17, 15) is 19.8 Å². The van der Waals surface area contributed by atoms with Crippen molar-refractivity contribution in [3.05, 3.63) is 35.9 Å². The summed E-state index contributed by atoms with van der Waals surface area (Å²) >= 11 is 0. The third kappa shape index (κ3) is 8.38. The van der Waals surface area contributed by atoms with Gasteiger partial charge in [0.25, 0.3) is 0 Å². The highest BCUT2D eigenvalue weighted by Gasteiger charge is 2.40. The molecule has 1 aromatic rings. The van der Waals surface area contributed by atoms with Gasteiger partial charge in [-0.05, 0) is 62.8 Å². The summed E-state index contributed by atoms with van der Waals surface area (Å²) in [6, 6.07) is 10.6. The molecule has 0 saturated heterocycles. The van der Waals surface area contributed by atoms with E-state index < -0.39 is 12.2 Å². The second kappa shape index (κ2) is 12.4. The fraction of sp³-hybridized carbons (Fsp3) is 0.692. The van der Waals surface area contributed by atoms with Crippen LogP contribution in [0.3, 0.4) is 0 Å². The van der Waals surface area contributed by atoms with Crippen molar-refractivity contribution in [3.8, 4) is 0 Å². The molecule has 5 heteroatoms. The van der Waals surface area contributed by atoms with Crippen molar-refractivity contribution in [3.63, 3.8) is 0 Å². The van der Waals surface area contributed by atoms with Crippen molar-refractivity contribution in [2.24, 2.45) is 11.8 Å². The van der Waals surface area contributed by atoms with Gasteiger partial charge in [0.15, 0.2) is 0 Å². The van der Waals surface area contributed by atoms with Gasteiger partial charge in [0.2, 0.25) is 5.91 Å². The Hall–Kier alpha value is -1.72. The fourth-order valence-electron chi connectivity index (χ4n) is 4.83. The Balaban J connectivity index is 1.31. The van der Waals surface area contributed by atoms with Gasteiger partial charge in [-0.25, -0.2) is 0 Å². The molecule has 3 rings (SSSR count). The van der Waals surface area contributed by atoms with Crippen LogP contribution in [-0.4, -0.2) is 40.2 Å². The number of aliphatic hydroxyl groups is 2. The Kier molecular flexibility index (Phi) is 9.54. The summed E-state index contributed by atoms with van der Waals surface area (Å²) in [5, 5.41) is 23.8. The minimum Gasteiger partial charge on any atom is -0.393 e. The predicted octanol–water partition coefficient (Wildman–Crippen LogP) is 3.95. The summed E-state index contributed by atoms with van der Waals surface area (Å²) < 4.78 is 0. The van der Waals surface area contributed by atoms with Crippen LogP contribution in [0.4, 0.5) is 0 Å². The Morgan fingerprint density at radius 3 is 2.52 bits per heavy atom. The van der Waals surface area contributed by atoms with E-state index in [0.29, 0.717) is 31.7 Å². The van der Waals surface area contributed by atoms with Crippen LogP contribution in [0, 0.1) is 11.8 Å². The molecular formula is C26H39NO4. The molecule has 1 amide bonds. The van der Waals surface area contributed by atoms with Crippen molar-refractivity contribution < 1.29 is 19.8 Å². The van der Waals surface area contributed by atoms with Gasteiger partial charge in [-0.15, -0.1) is 0 Å². The molecule has 31 heavy (non-hydrogen) atoms. The topological polar surface area (TPSA) is 86.6 Å².